The molecular formula is C16H22N2O3. The summed E-state index contributed by atoms with van der Waals surface area (Å²) in [6.07, 6.45) is 2.49. The molecule has 1 heterocycles. The maximum Gasteiger partial charge on any atom is 0.268 e. The van der Waals surface area contributed by atoms with Crippen LogP contribution in [0.15, 0.2) is 18.2 Å². The van der Waals surface area contributed by atoms with Crippen molar-refractivity contribution >= 4 is 11.6 Å². The summed E-state index contributed by atoms with van der Waals surface area (Å²) in [5.41, 5.74) is 8.01. The van der Waals surface area contributed by atoms with Crippen LogP contribution in [-0.2, 0) is 4.79 Å². The van der Waals surface area contributed by atoms with E-state index in [9.17, 15) is 9.90 Å². The topological polar surface area (TPSA) is 75.8 Å². The Kier molecular flexibility index (Phi) is 3.87. The molecule has 1 aliphatic heterocycles. The first-order chi connectivity index (χ1) is 10.2. The number of aliphatic hydroxyl groups excluding tert-OH is 1. The smallest absolute Gasteiger partial charge is 0.268 e. The minimum absolute atomic E-state index is 0.0188. The molecule has 1 aliphatic carbocycles. The molecule has 0 spiro atoms. The fourth-order valence-corrected chi connectivity index (χ4v) is 2.86. The number of β-amino-alcohol motifs (C(OH)–C–C–N with tert-alkyl or cyclic N) is 1. The summed E-state index contributed by atoms with van der Waals surface area (Å²) >= 11 is 0. The maximum atomic E-state index is 12.4. The normalized spacial score (nSPS) is 22.7. The Labute approximate surface area is 124 Å². The second-order valence-electron chi connectivity index (χ2n) is 5.82. The summed E-state index contributed by atoms with van der Waals surface area (Å²) in [5, 5.41) is 9.24. The van der Waals surface area contributed by atoms with Crippen LogP contribution in [0.4, 0.5) is 5.69 Å². The van der Waals surface area contributed by atoms with E-state index in [1.165, 1.54) is 12.8 Å². The lowest BCUT2D eigenvalue weighted by Crippen LogP contribution is -2.46. The molecule has 1 aromatic carbocycles. The lowest BCUT2D eigenvalue weighted by Gasteiger charge is -2.34. The average Bonchev–Trinajstić information content (AvgIpc) is 3.33. The second kappa shape index (κ2) is 5.66. The Morgan fingerprint density at radius 2 is 2.24 bits per heavy atom. The van der Waals surface area contributed by atoms with Crippen LogP contribution in [0.25, 0.3) is 0 Å². The van der Waals surface area contributed by atoms with Crippen molar-refractivity contribution in [1.29, 1.82) is 0 Å². The van der Waals surface area contributed by atoms with Gasteiger partial charge in [-0.15, -0.1) is 0 Å². The van der Waals surface area contributed by atoms with Gasteiger partial charge < -0.3 is 20.5 Å². The van der Waals surface area contributed by atoms with Crippen LogP contribution in [-0.4, -0.2) is 30.3 Å². The van der Waals surface area contributed by atoms with Gasteiger partial charge in [0.2, 0.25) is 0 Å². The Hall–Kier alpha value is -1.59. The minimum Gasteiger partial charge on any atom is -0.478 e. The largest absolute Gasteiger partial charge is 0.478 e. The fourth-order valence-electron chi connectivity index (χ4n) is 2.86. The Bertz CT molecular complexity index is 542. The van der Waals surface area contributed by atoms with E-state index < -0.39 is 6.10 Å². The number of nitrogens with zero attached hydrogens (tertiary/aromatic N) is 1. The third-order valence-electron chi connectivity index (χ3n) is 4.29. The lowest BCUT2D eigenvalue weighted by atomic mass is 10.0. The van der Waals surface area contributed by atoms with E-state index in [1.54, 1.807) is 4.90 Å². The molecule has 0 saturated heterocycles. The molecule has 1 amide bonds. The predicted octanol–water partition coefficient (Wildman–Crippen LogP) is 1.59. The Morgan fingerprint density at radius 1 is 1.48 bits per heavy atom. The van der Waals surface area contributed by atoms with Gasteiger partial charge in [0.25, 0.3) is 5.91 Å². The van der Waals surface area contributed by atoms with Crippen LogP contribution in [0.1, 0.15) is 37.8 Å². The van der Waals surface area contributed by atoms with E-state index in [1.807, 2.05) is 25.1 Å². The third-order valence-corrected chi connectivity index (χ3v) is 4.29. The quantitative estimate of drug-likeness (QED) is 0.863. The highest BCUT2D eigenvalue weighted by atomic mass is 16.5. The molecule has 3 rings (SSSR count). The van der Waals surface area contributed by atoms with Crippen molar-refractivity contribution in [2.75, 3.05) is 18.1 Å². The molecular weight excluding hydrogens is 268 g/mol. The molecule has 2 unspecified atom stereocenters. The minimum atomic E-state index is -0.466. The molecule has 21 heavy (non-hydrogen) atoms. The van der Waals surface area contributed by atoms with Gasteiger partial charge in [-0.25, -0.2) is 0 Å². The number of ether oxygens (including phenoxy) is 1. The van der Waals surface area contributed by atoms with E-state index in [-0.39, 0.29) is 25.1 Å². The first-order valence-corrected chi connectivity index (χ1v) is 7.64. The van der Waals surface area contributed by atoms with E-state index in [4.69, 9.17) is 10.5 Å². The van der Waals surface area contributed by atoms with Crippen molar-refractivity contribution in [3.05, 3.63) is 23.8 Å². The first-order valence-electron chi connectivity index (χ1n) is 7.64. The van der Waals surface area contributed by atoms with Crippen LogP contribution in [0.2, 0.25) is 0 Å². The number of carbonyl (C=O) groups is 1. The molecule has 0 bridgehead atoms. The highest BCUT2D eigenvalue weighted by molar-refractivity contribution is 6.00. The predicted molar refractivity (Wildman–Crippen MR) is 80.2 cm³/mol. The van der Waals surface area contributed by atoms with Crippen molar-refractivity contribution in [3.63, 3.8) is 0 Å². The molecule has 3 N–H and O–H groups in total. The zero-order valence-corrected chi connectivity index (χ0v) is 12.3. The van der Waals surface area contributed by atoms with Gasteiger partial charge in [0, 0.05) is 12.6 Å². The molecule has 5 heteroatoms. The molecule has 5 nitrogen and oxygen atoms in total. The van der Waals surface area contributed by atoms with Crippen molar-refractivity contribution in [2.45, 2.75) is 38.3 Å². The first kappa shape index (κ1) is 14.4. The highest BCUT2D eigenvalue weighted by Crippen LogP contribution is 2.42. The van der Waals surface area contributed by atoms with E-state index in [0.717, 1.165) is 11.3 Å². The number of nitrogens with two attached hydrogens (primary N) is 1. The molecule has 2 atom stereocenters. The van der Waals surface area contributed by atoms with Gasteiger partial charge in [0.1, 0.15) is 5.75 Å². The Morgan fingerprint density at radius 3 is 2.86 bits per heavy atom. The number of amides is 1. The summed E-state index contributed by atoms with van der Waals surface area (Å²) in [7, 11) is 0. The van der Waals surface area contributed by atoms with Gasteiger partial charge in [-0.2, -0.15) is 0 Å². The SMILES string of the molecule is CCC1Oc2ccc(C(N)C3CC3)cc2N(CCO)C1=O. The van der Waals surface area contributed by atoms with E-state index in [0.29, 0.717) is 18.1 Å². The van der Waals surface area contributed by atoms with Crippen molar-refractivity contribution in [3.8, 4) is 5.75 Å². The van der Waals surface area contributed by atoms with Gasteiger partial charge in [0.15, 0.2) is 6.10 Å². The number of fused-ring (bicyclic) bond motifs is 1. The number of benzene rings is 1. The number of rotatable bonds is 5. The standard InChI is InChI=1S/C16H22N2O3/c1-2-13-16(20)18(7-8-19)12-9-11(5-6-14(12)21-13)15(17)10-3-4-10/h5-6,9-10,13,15,19H,2-4,7-8,17H2,1H3. The van der Waals surface area contributed by atoms with Crippen LogP contribution in [0.5, 0.6) is 5.75 Å². The molecule has 1 fully saturated rings. The third kappa shape index (κ3) is 2.63. The summed E-state index contributed by atoms with van der Waals surface area (Å²) < 4.78 is 5.77. The monoisotopic (exact) mass is 290 g/mol. The maximum absolute atomic E-state index is 12.4. The summed E-state index contributed by atoms with van der Waals surface area (Å²) in [5.74, 6) is 1.16. The van der Waals surface area contributed by atoms with E-state index in [2.05, 4.69) is 0 Å². The zero-order chi connectivity index (χ0) is 15.0. The van der Waals surface area contributed by atoms with Gasteiger partial charge in [-0.3, -0.25) is 4.79 Å². The highest BCUT2D eigenvalue weighted by Gasteiger charge is 2.35. The average molecular weight is 290 g/mol. The van der Waals surface area contributed by atoms with Crippen molar-refractivity contribution in [1.82, 2.24) is 0 Å². The molecule has 2 aliphatic rings. The number of aliphatic hydroxyl groups is 1. The van der Waals surface area contributed by atoms with Gasteiger partial charge in [0.05, 0.1) is 12.3 Å². The van der Waals surface area contributed by atoms with Crippen LogP contribution >= 0.6 is 0 Å². The van der Waals surface area contributed by atoms with Crippen LogP contribution in [0, 0.1) is 5.92 Å². The fraction of sp³-hybridized carbons (Fsp3) is 0.562. The summed E-state index contributed by atoms with van der Waals surface area (Å²) in [6.45, 7) is 2.14. The van der Waals surface area contributed by atoms with Crippen LogP contribution < -0.4 is 15.4 Å². The summed E-state index contributed by atoms with van der Waals surface area (Å²) in [6, 6.07) is 5.84. The number of hydrogen-bond acceptors (Lipinski definition) is 4. The molecule has 114 valence electrons. The van der Waals surface area contributed by atoms with Crippen LogP contribution in [0.3, 0.4) is 0 Å². The van der Waals surface area contributed by atoms with Gasteiger partial charge >= 0.3 is 0 Å². The van der Waals surface area contributed by atoms with Crippen molar-refractivity contribution < 1.29 is 14.6 Å². The molecule has 0 radical (unpaired) electrons. The number of hydrogen-bond donors (Lipinski definition) is 2. The lowest BCUT2D eigenvalue weighted by molar-refractivity contribution is -0.126. The van der Waals surface area contributed by atoms with E-state index >= 15 is 0 Å². The number of carbonyl (C=O) groups excluding carboxylic acids is 1. The molecule has 0 aromatic heterocycles. The summed E-state index contributed by atoms with van der Waals surface area (Å²) in [4.78, 5) is 14.0. The van der Waals surface area contributed by atoms with Crippen molar-refractivity contribution in [2.24, 2.45) is 11.7 Å². The number of anilines is 1. The second-order valence-corrected chi connectivity index (χ2v) is 5.82. The van der Waals surface area contributed by atoms with Gasteiger partial charge in [-0.05, 0) is 42.9 Å². The van der Waals surface area contributed by atoms with Gasteiger partial charge in [-0.1, -0.05) is 13.0 Å². The Balaban J connectivity index is 1.95. The zero-order valence-electron chi connectivity index (χ0n) is 12.3. The molecule has 1 aromatic rings. The molecule has 1 saturated carbocycles.